The summed E-state index contributed by atoms with van der Waals surface area (Å²) in [6, 6.07) is 7.97. The number of morpholine rings is 1. The lowest BCUT2D eigenvalue weighted by atomic mass is 10.2. The van der Waals surface area contributed by atoms with E-state index in [1.807, 2.05) is 25.1 Å². The van der Waals surface area contributed by atoms with Crippen LogP contribution in [0, 0.1) is 6.92 Å². The average molecular weight is 344 g/mol. The summed E-state index contributed by atoms with van der Waals surface area (Å²) < 4.78 is 17.1. The van der Waals surface area contributed by atoms with Crippen molar-refractivity contribution in [1.82, 2.24) is 9.88 Å². The minimum absolute atomic E-state index is 0.0573. The van der Waals surface area contributed by atoms with Crippen LogP contribution in [-0.4, -0.2) is 36.7 Å². The van der Waals surface area contributed by atoms with Gasteiger partial charge in [0.05, 0.1) is 20.3 Å². The third kappa shape index (κ3) is 3.17. The van der Waals surface area contributed by atoms with Crippen LogP contribution >= 0.6 is 11.3 Å². The molecule has 5 nitrogen and oxygen atoms in total. The Morgan fingerprint density at radius 2 is 2.29 bits per heavy atom. The molecule has 126 valence electrons. The van der Waals surface area contributed by atoms with E-state index in [2.05, 4.69) is 21.3 Å². The number of methoxy groups -OCH3 is 1. The Morgan fingerprint density at radius 1 is 1.38 bits per heavy atom. The lowest BCUT2D eigenvalue weighted by Gasteiger charge is -2.31. The highest BCUT2D eigenvalue weighted by Gasteiger charge is 2.25. The first-order valence-corrected chi connectivity index (χ1v) is 8.91. The van der Waals surface area contributed by atoms with Crippen LogP contribution in [-0.2, 0) is 11.3 Å². The van der Waals surface area contributed by atoms with E-state index in [0.717, 1.165) is 59.4 Å². The molecule has 6 heteroatoms. The Morgan fingerprint density at radius 3 is 3.08 bits per heavy atom. The minimum Gasteiger partial charge on any atom is -0.497 e. The van der Waals surface area contributed by atoms with E-state index in [1.165, 1.54) is 0 Å². The van der Waals surface area contributed by atoms with Crippen molar-refractivity contribution in [2.45, 2.75) is 19.6 Å². The Kier molecular flexibility index (Phi) is 4.26. The fraction of sp³-hybridized carbons (Fsp3) is 0.389. The molecule has 0 spiro atoms. The number of rotatable bonds is 4. The molecule has 0 bridgehead atoms. The molecule has 3 heterocycles. The second-order valence-corrected chi connectivity index (χ2v) is 6.93. The molecule has 0 amide bonds. The van der Waals surface area contributed by atoms with Gasteiger partial charge in [0.2, 0.25) is 0 Å². The van der Waals surface area contributed by atoms with Crippen molar-refractivity contribution < 1.29 is 13.9 Å². The highest BCUT2D eigenvalue weighted by atomic mass is 32.1. The van der Waals surface area contributed by atoms with Crippen molar-refractivity contribution in [3.8, 4) is 5.75 Å². The van der Waals surface area contributed by atoms with E-state index < -0.39 is 0 Å². The third-order valence-electron chi connectivity index (χ3n) is 4.22. The van der Waals surface area contributed by atoms with E-state index in [0.29, 0.717) is 0 Å². The van der Waals surface area contributed by atoms with E-state index in [9.17, 15) is 0 Å². The Labute approximate surface area is 144 Å². The summed E-state index contributed by atoms with van der Waals surface area (Å²) in [5, 5.41) is 4.21. The molecular formula is C18H20N2O3S. The van der Waals surface area contributed by atoms with Gasteiger partial charge in [-0.3, -0.25) is 4.90 Å². The molecule has 1 fully saturated rings. The molecule has 2 aromatic heterocycles. The van der Waals surface area contributed by atoms with Crippen LogP contribution in [0.2, 0.25) is 0 Å². The predicted molar refractivity (Wildman–Crippen MR) is 93.6 cm³/mol. The number of fused-ring (bicyclic) bond motifs is 1. The van der Waals surface area contributed by atoms with Crippen molar-refractivity contribution in [1.29, 1.82) is 0 Å². The molecule has 1 aromatic carbocycles. The van der Waals surface area contributed by atoms with Gasteiger partial charge in [-0.05, 0) is 31.2 Å². The maximum absolute atomic E-state index is 5.96. The van der Waals surface area contributed by atoms with Crippen molar-refractivity contribution in [2.75, 3.05) is 26.8 Å². The second-order valence-electron chi connectivity index (χ2n) is 6.04. The second kappa shape index (κ2) is 6.55. The first-order valence-electron chi connectivity index (χ1n) is 8.04. The smallest absolute Gasteiger partial charge is 0.134 e. The van der Waals surface area contributed by atoms with E-state index in [-0.39, 0.29) is 6.10 Å². The number of ether oxygens (including phenoxy) is 2. The number of hydrogen-bond donors (Lipinski definition) is 0. The summed E-state index contributed by atoms with van der Waals surface area (Å²) in [7, 11) is 1.68. The number of furan rings is 1. The zero-order valence-corrected chi connectivity index (χ0v) is 14.6. The molecule has 0 radical (unpaired) electrons. The van der Waals surface area contributed by atoms with Crippen molar-refractivity contribution >= 4 is 22.3 Å². The number of aryl methyl sites for hydroxylation is 1. The first-order chi connectivity index (χ1) is 11.7. The quantitative estimate of drug-likeness (QED) is 0.721. The van der Waals surface area contributed by atoms with Gasteiger partial charge in [-0.2, -0.15) is 0 Å². The molecule has 4 rings (SSSR count). The van der Waals surface area contributed by atoms with Crippen LogP contribution in [0.5, 0.6) is 5.75 Å². The number of aromatic nitrogens is 1. The Balaban J connectivity index is 1.48. The third-order valence-corrected chi connectivity index (χ3v) is 5.27. The van der Waals surface area contributed by atoms with Crippen molar-refractivity contribution in [3.63, 3.8) is 0 Å². The number of hydrogen-bond acceptors (Lipinski definition) is 6. The van der Waals surface area contributed by atoms with Gasteiger partial charge in [-0.1, -0.05) is 0 Å². The van der Waals surface area contributed by atoms with E-state index >= 15 is 0 Å². The summed E-state index contributed by atoms with van der Waals surface area (Å²) in [4.78, 5) is 6.92. The maximum atomic E-state index is 5.96. The minimum atomic E-state index is 0.0573. The fourth-order valence-electron chi connectivity index (χ4n) is 3.02. The highest BCUT2D eigenvalue weighted by molar-refractivity contribution is 7.09. The summed E-state index contributed by atoms with van der Waals surface area (Å²) >= 11 is 1.67. The van der Waals surface area contributed by atoms with Gasteiger partial charge in [-0.25, -0.2) is 4.98 Å². The summed E-state index contributed by atoms with van der Waals surface area (Å²) in [5.41, 5.74) is 1.95. The Bertz CT molecular complexity index is 842. The molecule has 0 N–H and O–H groups in total. The largest absolute Gasteiger partial charge is 0.497 e. The van der Waals surface area contributed by atoms with Gasteiger partial charge in [0.1, 0.15) is 28.2 Å². The molecule has 1 atom stereocenters. The monoisotopic (exact) mass is 344 g/mol. The van der Waals surface area contributed by atoms with Crippen LogP contribution in [0.4, 0.5) is 0 Å². The lowest BCUT2D eigenvalue weighted by molar-refractivity contribution is -0.0346. The molecule has 3 aromatic rings. The zero-order valence-electron chi connectivity index (χ0n) is 13.8. The highest BCUT2D eigenvalue weighted by Crippen LogP contribution is 2.28. The number of thiazole rings is 1. The van der Waals surface area contributed by atoms with Crippen LogP contribution < -0.4 is 4.74 Å². The number of benzene rings is 1. The zero-order chi connectivity index (χ0) is 16.5. The van der Waals surface area contributed by atoms with E-state index in [4.69, 9.17) is 13.9 Å². The van der Waals surface area contributed by atoms with Crippen molar-refractivity contribution in [3.05, 3.63) is 46.1 Å². The molecule has 0 aliphatic carbocycles. The Hall–Kier alpha value is -1.89. The summed E-state index contributed by atoms with van der Waals surface area (Å²) in [6.07, 6.45) is 0.0573. The molecule has 0 unspecified atom stereocenters. The van der Waals surface area contributed by atoms with Crippen LogP contribution in [0.3, 0.4) is 0 Å². The molecule has 0 saturated carbocycles. The topological polar surface area (TPSA) is 47.7 Å². The van der Waals surface area contributed by atoms with Gasteiger partial charge in [-0.15, -0.1) is 11.3 Å². The molecule has 24 heavy (non-hydrogen) atoms. The van der Waals surface area contributed by atoms with Crippen LogP contribution in [0.15, 0.2) is 34.1 Å². The predicted octanol–water partition coefficient (Wildman–Crippen LogP) is 3.78. The summed E-state index contributed by atoms with van der Waals surface area (Å²) in [6.45, 7) is 5.26. The average Bonchev–Trinajstić information content (AvgIpc) is 3.20. The van der Waals surface area contributed by atoms with E-state index in [1.54, 1.807) is 18.4 Å². The molecule has 1 saturated heterocycles. The van der Waals surface area contributed by atoms with Gasteiger partial charge in [0.25, 0.3) is 0 Å². The maximum Gasteiger partial charge on any atom is 0.134 e. The lowest BCUT2D eigenvalue weighted by Crippen LogP contribution is -2.37. The van der Waals surface area contributed by atoms with Gasteiger partial charge in [0.15, 0.2) is 0 Å². The standard InChI is InChI=1S/C18H20N2O3S/c1-12-11-24-18(19-12)17-10-20(5-6-22-17)9-15-8-13-7-14(21-2)3-4-16(13)23-15/h3-4,7-8,11,17H,5-6,9-10H2,1-2H3/t17-/m1/s1. The van der Waals surface area contributed by atoms with Gasteiger partial charge < -0.3 is 13.9 Å². The molecule has 1 aliphatic heterocycles. The number of nitrogens with zero attached hydrogens (tertiary/aromatic N) is 2. The van der Waals surface area contributed by atoms with Gasteiger partial charge >= 0.3 is 0 Å². The normalized spacial score (nSPS) is 19.0. The molecule has 1 aliphatic rings. The SMILES string of the molecule is COc1ccc2oc(CN3CCO[C@@H](c4nc(C)cs4)C3)cc2c1. The first kappa shape index (κ1) is 15.6. The van der Waals surface area contributed by atoms with Crippen LogP contribution in [0.25, 0.3) is 11.0 Å². The fourth-order valence-corrected chi connectivity index (χ4v) is 3.85. The summed E-state index contributed by atoms with van der Waals surface area (Å²) in [5.74, 6) is 1.81. The van der Waals surface area contributed by atoms with Crippen molar-refractivity contribution in [2.24, 2.45) is 0 Å². The van der Waals surface area contributed by atoms with Crippen LogP contribution in [0.1, 0.15) is 22.6 Å². The van der Waals surface area contributed by atoms with Gasteiger partial charge in [0, 0.05) is 29.5 Å². The molecular weight excluding hydrogens is 324 g/mol.